The Morgan fingerprint density at radius 1 is 1.03 bits per heavy atom. The average Bonchev–Trinajstić information content (AvgIpc) is 3.01. The van der Waals surface area contributed by atoms with Crippen LogP contribution in [0, 0.1) is 6.92 Å². The topological polar surface area (TPSA) is 64.7 Å². The molecule has 0 aromatic heterocycles. The largest absolute Gasteiger partial charge is 0.350 e. The lowest BCUT2D eigenvalue weighted by Crippen LogP contribution is -2.50. The number of carbonyl (C=O) groups excluding carboxylic acids is 2. The molecule has 2 saturated heterocycles. The van der Waals surface area contributed by atoms with E-state index in [4.69, 9.17) is 34.8 Å². The summed E-state index contributed by atoms with van der Waals surface area (Å²) in [5.74, 6) is -0.111. The molecule has 2 aromatic rings. The van der Waals surface area contributed by atoms with Crippen LogP contribution >= 0.6 is 34.8 Å². The first-order valence-corrected chi connectivity index (χ1v) is 14.2. The van der Waals surface area contributed by atoms with Crippen LogP contribution in [0.2, 0.25) is 15.1 Å². The maximum Gasteiger partial charge on any atom is 0.251 e. The third-order valence-corrected chi connectivity index (χ3v) is 8.10. The highest BCUT2D eigenvalue weighted by atomic mass is 35.5. The van der Waals surface area contributed by atoms with Gasteiger partial charge < -0.3 is 20.4 Å². The molecular weight excluding hydrogens is 531 g/mol. The van der Waals surface area contributed by atoms with E-state index in [1.54, 1.807) is 18.2 Å². The second-order valence-electron chi connectivity index (χ2n) is 10.1. The summed E-state index contributed by atoms with van der Waals surface area (Å²) < 4.78 is 0. The molecule has 0 spiro atoms. The normalized spacial score (nSPS) is 21.1. The standard InChI is InChI=1S/C28H35Cl3N4O2/c1-19-13-20(15-22(29)14-19)18-35-12-7-23(17-32-27(36)21-5-6-24(30)25(31)16-21)33-26(28(35)37)8-11-34-9-3-2-4-10-34/h5-6,13-16,23,26,33H,2-4,7-12,17-18H2,1H3,(H,32,36). The van der Waals surface area contributed by atoms with Crippen molar-refractivity contribution in [3.63, 3.8) is 0 Å². The molecule has 4 rings (SSSR count). The van der Waals surface area contributed by atoms with Gasteiger partial charge in [0.2, 0.25) is 5.91 Å². The number of amides is 2. The second kappa shape index (κ2) is 13.3. The van der Waals surface area contributed by atoms with Gasteiger partial charge in [0.25, 0.3) is 5.91 Å². The summed E-state index contributed by atoms with van der Waals surface area (Å²) in [7, 11) is 0. The molecule has 0 bridgehead atoms. The molecule has 200 valence electrons. The lowest BCUT2D eigenvalue weighted by atomic mass is 10.1. The van der Waals surface area contributed by atoms with E-state index in [1.807, 2.05) is 24.0 Å². The number of aryl methyl sites for hydroxylation is 1. The first-order chi connectivity index (χ1) is 17.8. The first kappa shape index (κ1) is 28.2. The number of nitrogens with one attached hydrogen (secondary N) is 2. The molecule has 9 heteroatoms. The number of hydrogen-bond acceptors (Lipinski definition) is 4. The molecule has 2 heterocycles. The Morgan fingerprint density at radius 2 is 1.81 bits per heavy atom. The van der Waals surface area contributed by atoms with Crippen LogP contribution in [0.4, 0.5) is 0 Å². The predicted molar refractivity (Wildman–Crippen MR) is 151 cm³/mol. The van der Waals surface area contributed by atoms with Gasteiger partial charge in [-0.15, -0.1) is 0 Å². The Hall–Kier alpha value is -1.83. The van der Waals surface area contributed by atoms with Crippen molar-refractivity contribution in [1.29, 1.82) is 0 Å². The molecule has 2 atom stereocenters. The monoisotopic (exact) mass is 564 g/mol. The molecular formula is C28H35Cl3N4O2. The predicted octanol–water partition coefficient (Wildman–Crippen LogP) is 5.32. The number of nitrogens with zero attached hydrogens (tertiary/aromatic N) is 2. The molecule has 6 nitrogen and oxygen atoms in total. The molecule has 2 aromatic carbocycles. The van der Waals surface area contributed by atoms with Crippen LogP contribution in [0.15, 0.2) is 36.4 Å². The summed E-state index contributed by atoms with van der Waals surface area (Å²) in [6, 6.07) is 10.4. The van der Waals surface area contributed by atoms with E-state index >= 15 is 0 Å². The highest BCUT2D eigenvalue weighted by Crippen LogP contribution is 2.23. The Bertz CT molecular complexity index is 1090. The number of carbonyl (C=O) groups is 2. The van der Waals surface area contributed by atoms with E-state index < -0.39 is 0 Å². The molecule has 0 saturated carbocycles. The zero-order valence-electron chi connectivity index (χ0n) is 21.2. The van der Waals surface area contributed by atoms with E-state index in [1.165, 1.54) is 19.3 Å². The van der Waals surface area contributed by atoms with E-state index in [9.17, 15) is 9.59 Å². The lowest BCUT2D eigenvalue weighted by molar-refractivity contribution is -0.133. The van der Waals surface area contributed by atoms with Crippen molar-refractivity contribution in [3.05, 3.63) is 68.2 Å². The quantitative estimate of drug-likeness (QED) is 0.455. The molecule has 0 radical (unpaired) electrons. The molecule has 0 aliphatic carbocycles. The minimum absolute atomic E-state index is 0.0341. The molecule has 2 aliphatic heterocycles. The van der Waals surface area contributed by atoms with Gasteiger partial charge in [-0.2, -0.15) is 0 Å². The van der Waals surface area contributed by atoms with Crippen LogP contribution in [-0.2, 0) is 11.3 Å². The lowest BCUT2D eigenvalue weighted by Gasteiger charge is -2.30. The number of hydrogen-bond donors (Lipinski definition) is 2. The van der Waals surface area contributed by atoms with Crippen molar-refractivity contribution >= 4 is 46.6 Å². The maximum atomic E-state index is 13.7. The summed E-state index contributed by atoms with van der Waals surface area (Å²) in [6.07, 6.45) is 5.18. The van der Waals surface area contributed by atoms with Crippen molar-refractivity contribution in [2.75, 3.05) is 32.7 Å². The van der Waals surface area contributed by atoms with Gasteiger partial charge in [0.15, 0.2) is 0 Å². The molecule has 2 fully saturated rings. The highest BCUT2D eigenvalue weighted by molar-refractivity contribution is 6.42. The Morgan fingerprint density at radius 3 is 2.54 bits per heavy atom. The zero-order chi connectivity index (χ0) is 26.4. The van der Waals surface area contributed by atoms with E-state index in [0.29, 0.717) is 40.3 Å². The number of benzene rings is 2. The SMILES string of the molecule is Cc1cc(Cl)cc(CN2CCC(CNC(=O)c3ccc(Cl)c(Cl)c3)NC(CCN3CCCCC3)C2=O)c1. The minimum Gasteiger partial charge on any atom is -0.350 e. The van der Waals surface area contributed by atoms with Crippen molar-refractivity contribution in [2.45, 2.75) is 57.7 Å². The van der Waals surface area contributed by atoms with E-state index in [-0.39, 0.29) is 23.9 Å². The fraction of sp³-hybridized carbons (Fsp3) is 0.500. The fourth-order valence-electron chi connectivity index (χ4n) is 5.18. The molecule has 2 amide bonds. The van der Waals surface area contributed by atoms with Crippen molar-refractivity contribution < 1.29 is 9.59 Å². The van der Waals surface area contributed by atoms with Crippen LogP contribution in [0.25, 0.3) is 0 Å². The summed E-state index contributed by atoms with van der Waals surface area (Å²) in [5, 5.41) is 8.00. The van der Waals surface area contributed by atoms with Crippen LogP contribution < -0.4 is 10.6 Å². The minimum atomic E-state index is -0.309. The van der Waals surface area contributed by atoms with Gasteiger partial charge in [0.1, 0.15) is 0 Å². The molecule has 37 heavy (non-hydrogen) atoms. The first-order valence-electron chi connectivity index (χ1n) is 13.0. The Balaban J connectivity index is 1.43. The van der Waals surface area contributed by atoms with Gasteiger partial charge in [-0.25, -0.2) is 0 Å². The van der Waals surface area contributed by atoms with Gasteiger partial charge in [-0.05, 0) is 87.2 Å². The van der Waals surface area contributed by atoms with Crippen LogP contribution in [-0.4, -0.2) is 66.4 Å². The number of halogens is 3. The fourth-order valence-corrected chi connectivity index (χ4v) is 5.79. The molecule has 2 unspecified atom stereocenters. The second-order valence-corrected chi connectivity index (χ2v) is 11.4. The molecule has 2 N–H and O–H groups in total. The third-order valence-electron chi connectivity index (χ3n) is 7.14. The Kier molecular flexibility index (Phi) is 10.1. The van der Waals surface area contributed by atoms with Gasteiger partial charge in [0.05, 0.1) is 16.1 Å². The van der Waals surface area contributed by atoms with Crippen molar-refractivity contribution in [1.82, 2.24) is 20.4 Å². The van der Waals surface area contributed by atoms with Gasteiger partial charge in [-0.1, -0.05) is 47.3 Å². The Labute approximate surface area is 234 Å². The summed E-state index contributed by atoms with van der Waals surface area (Å²) in [6.45, 7) is 6.61. The van der Waals surface area contributed by atoms with Crippen molar-refractivity contribution in [2.24, 2.45) is 0 Å². The average molecular weight is 566 g/mol. The highest BCUT2D eigenvalue weighted by Gasteiger charge is 2.31. The van der Waals surface area contributed by atoms with Crippen LogP contribution in [0.1, 0.15) is 53.6 Å². The summed E-state index contributed by atoms with van der Waals surface area (Å²) in [4.78, 5) is 30.8. The zero-order valence-corrected chi connectivity index (χ0v) is 23.5. The van der Waals surface area contributed by atoms with E-state index in [0.717, 1.165) is 43.6 Å². The maximum absolute atomic E-state index is 13.7. The number of likely N-dealkylation sites (tertiary alicyclic amines) is 1. The van der Waals surface area contributed by atoms with Crippen LogP contribution in [0.5, 0.6) is 0 Å². The summed E-state index contributed by atoms with van der Waals surface area (Å²) >= 11 is 18.4. The summed E-state index contributed by atoms with van der Waals surface area (Å²) in [5.41, 5.74) is 2.56. The van der Waals surface area contributed by atoms with Gasteiger partial charge in [-0.3, -0.25) is 9.59 Å². The van der Waals surface area contributed by atoms with E-state index in [2.05, 4.69) is 21.6 Å². The number of rotatable bonds is 8. The van der Waals surface area contributed by atoms with Gasteiger partial charge in [0, 0.05) is 42.8 Å². The third kappa shape index (κ3) is 8.08. The van der Waals surface area contributed by atoms with Gasteiger partial charge >= 0.3 is 0 Å². The smallest absolute Gasteiger partial charge is 0.251 e. The van der Waals surface area contributed by atoms with Crippen LogP contribution in [0.3, 0.4) is 0 Å². The molecule has 2 aliphatic rings. The number of piperidine rings is 1. The van der Waals surface area contributed by atoms with Crippen molar-refractivity contribution in [3.8, 4) is 0 Å².